The van der Waals surface area contributed by atoms with Gasteiger partial charge >= 0.3 is 0 Å². The van der Waals surface area contributed by atoms with Crippen LogP contribution in [0.3, 0.4) is 0 Å². The first-order chi connectivity index (χ1) is 9.85. The van der Waals surface area contributed by atoms with E-state index in [-0.39, 0.29) is 23.9 Å². The van der Waals surface area contributed by atoms with E-state index in [0.717, 1.165) is 18.4 Å². The maximum Gasteiger partial charge on any atom is 0.261 e. The molecule has 0 bridgehead atoms. The molecule has 22 heavy (non-hydrogen) atoms. The maximum atomic E-state index is 12.3. The van der Waals surface area contributed by atoms with Crippen molar-refractivity contribution in [3.63, 3.8) is 0 Å². The highest BCUT2D eigenvalue weighted by atomic mass is 35.5. The molecule has 124 valence electrons. The molecular weight excluding hydrogens is 323 g/mol. The fourth-order valence-corrected chi connectivity index (χ4v) is 2.53. The van der Waals surface area contributed by atoms with Gasteiger partial charge < -0.3 is 15.8 Å². The summed E-state index contributed by atoms with van der Waals surface area (Å²) < 4.78 is 5.69. The Morgan fingerprint density at radius 2 is 2.18 bits per heavy atom. The highest BCUT2D eigenvalue weighted by Crippen LogP contribution is 2.39. The van der Waals surface area contributed by atoms with Crippen molar-refractivity contribution in [2.45, 2.75) is 45.3 Å². The summed E-state index contributed by atoms with van der Waals surface area (Å²) in [6, 6.07) is 5.50. The minimum absolute atomic E-state index is 0. The molecule has 2 rings (SSSR count). The average molecular weight is 347 g/mol. The molecule has 1 fully saturated rings. The first-order valence-electron chi connectivity index (χ1n) is 7.30. The van der Waals surface area contributed by atoms with Crippen molar-refractivity contribution in [3.05, 3.63) is 28.8 Å². The Labute approximate surface area is 143 Å². The van der Waals surface area contributed by atoms with Crippen molar-refractivity contribution in [1.29, 1.82) is 0 Å². The SMILES string of the molecule is Cc1ccc(Cl)c(OC(C)C(=O)NC(C)(CN)C2CC2)c1.Cl. The number of hydrogen-bond donors (Lipinski definition) is 2. The molecule has 6 heteroatoms. The molecule has 2 unspecified atom stereocenters. The van der Waals surface area contributed by atoms with Gasteiger partial charge in [0.2, 0.25) is 0 Å². The Morgan fingerprint density at radius 1 is 1.55 bits per heavy atom. The van der Waals surface area contributed by atoms with Crippen molar-refractivity contribution in [3.8, 4) is 5.75 Å². The third-order valence-corrected chi connectivity index (χ3v) is 4.38. The molecule has 1 aliphatic carbocycles. The van der Waals surface area contributed by atoms with Crippen LogP contribution in [-0.2, 0) is 4.79 Å². The van der Waals surface area contributed by atoms with Crippen LogP contribution in [0.1, 0.15) is 32.3 Å². The van der Waals surface area contributed by atoms with E-state index in [0.29, 0.717) is 23.2 Å². The molecule has 3 N–H and O–H groups in total. The molecule has 1 saturated carbocycles. The number of carbonyl (C=O) groups is 1. The minimum atomic E-state index is -0.617. The monoisotopic (exact) mass is 346 g/mol. The number of aryl methyl sites for hydroxylation is 1. The van der Waals surface area contributed by atoms with Gasteiger partial charge in [0.1, 0.15) is 5.75 Å². The van der Waals surface area contributed by atoms with Gasteiger partial charge in [-0.1, -0.05) is 17.7 Å². The topological polar surface area (TPSA) is 64.3 Å². The summed E-state index contributed by atoms with van der Waals surface area (Å²) in [6.07, 6.45) is 1.62. The number of hydrogen-bond acceptors (Lipinski definition) is 3. The van der Waals surface area contributed by atoms with Gasteiger partial charge in [-0.15, -0.1) is 12.4 Å². The molecule has 0 heterocycles. The van der Waals surface area contributed by atoms with Crippen molar-refractivity contribution in [2.24, 2.45) is 11.7 Å². The van der Waals surface area contributed by atoms with Crippen LogP contribution in [0.5, 0.6) is 5.75 Å². The largest absolute Gasteiger partial charge is 0.479 e. The zero-order valence-corrected chi connectivity index (χ0v) is 14.8. The van der Waals surface area contributed by atoms with Crippen LogP contribution in [0.2, 0.25) is 5.02 Å². The van der Waals surface area contributed by atoms with Crippen LogP contribution in [0.4, 0.5) is 0 Å². The second-order valence-corrected chi connectivity index (χ2v) is 6.49. The van der Waals surface area contributed by atoms with Gasteiger partial charge in [0.05, 0.1) is 10.6 Å². The molecule has 0 aliphatic heterocycles. The molecule has 2 atom stereocenters. The van der Waals surface area contributed by atoms with Crippen LogP contribution < -0.4 is 15.8 Å². The second-order valence-electron chi connectivity index (χ2n) is 6.08. The lowest BCUT2D eigenvalue weighted by atomic mass is 9.95. The smallest absolute Gasteiger partial charge is 0.261 e. The van der Waals surface area contributed by atoms with Crippen molar-refractivity contribution >= 4 is 29.9 Å². The molecule has 1 aliphatic rings. The number of ether oxygens (including phenoxy) is 1. The summed E-state index contributed by atoms with van der Waals surface area (Å²) in [5.41, 5.74) is 6.51. The van der Waals surface area contributed by atoms with E-state index in [1.165, 1.54) is 0 Å². The normalized spacial score (nSPS) is 17.9. The molecule has 0 radical (unpaired) electrons. The first kappa shape index (κ1) is 19.1. The number of nitrogens with one attached hydrogen (secondary N) is 1. The van der Waals surface area contributed by atoms with E-state index < -0.39 is 6.10 Å². The number of amides is 1. The molecular formula is C16H24Cl2N2O2. The van der Waals surface area contributed by atoms with Crippen molar-refractivity contribution in [1.82, 2.24) is 5.32 Å². The first-order valence-corrected chi connectivity index (χ1v) is 7.68. The average Bonchev–Trinajstić information content (AvgIpc) is 3.27. The van der Waals surface area contributed by atoms with E-state index in [1.54, 1.807) is 13.0 Å². The zero-order chi connectivity index (χ0) is 15.6. The van der Waals surface area contributed by atoms with Crippen LogP contribution in [-0.4, -0.2) is 24.1 Å². The van der Waals surface area contributed by atoms with E-state index >= 15 is 0 Å². The van der Waals surface area contributed by atoms with Crippen molar-refractivity contribution in [2.75, 3.05) is 6.54 Å². The highest BCUT2D eigenvalue weighted by molar-refractivity contribution is 6.32. The Bertz CT molecular complexity index is 535. The summed E-state index contributed by atoms with van der Waals surface area (Å²) in [7, 11) is 0. The van der Waals surface area contributed by atoms with Crippen LogP contribution >= 0.6 is 24.0 Å². The van der Waals surface area contributed by atoms with Crippen molar-refractivity contribution < 1.29 is 9.53 Å². The van der Waals surface area contributed by atoms with E-state index in [4.69, 9.17) is 22.1 Å². The third kappa shape index (κ3) is 4.51. The molecule has 0 spiro atoms. The van der Waals surface area contributed by atoms with Gasteiger partial charge in [0, 0.05) is 6.54 Å². The van der Waals surface area contributed by atoms with Gasteiger partial charge in [0.25, 0.3) is 5.91 Å². The lowest BCUT2D eigenvalue weighted by Gasteiger charge is -2.31. The predicted octanol–water partition coefficient (Wildman–Crippen LogP) is 3.08. The molecule has 1 aromatic carbocycles. The molecule has 1 amide bonds. The summed E-state index contributed by atoms with van der Waals surface area (Å²) in [5, 5.41) is 3.53. The third-order valence-electron chi connectivity index (χ3n) is 4.07. The fourth-order valence-electron chi connectivity index (χ4n) is 2.37. The van der Waals surface area contributed by atoms with Crippen LogP contribution in [0.25, 0.3) is 0 Å². The molecule has 1 aromatic rings. The van der Waals surface area contributed by atoms with Gasteiger partial charge in [-0.2, -0.15) is 0 Å². The fraction of sp³-hybridized carbons (Fsp3) is 0.562. The Morgan fingerprint density at radius 3 is 2.73 bits per heavy atom. The minimum Gasteiger partial charge on any atom is -0.479 e. The van der Waals surface area contributed by atoms with Crippen LogP contribution in [0.15, 0.2) is 18.2 Å². The second kappa shape index (κ2) is 7.53. The van der Waals surface area contributed by atoms with Gasteiger partial charge in [-0.3, -0.25) is 4.79 Å². The Balaban J connectivity index is 0.00000242. The van der Waals surface area contributed by atoms with E-state index in [2.05, 4.69) is 5.32 Å². The highest BCUT2D eigenvalue weighted by Gasteiger charge is 2.42. The summed E-state index contributed by atoms with van der Waals surface area (Å²) in [5.74, 6) is 0.842. The van der Waals surface area contributed by atoms with Gasteiger partial charge in [-0.25, -0.2) is 0 Å². The summed E-state index contributed by atoms with van der Waals surface area (Å²) in [4.78, 5) is 12.3. The summed E-state index contributed by atoms with van der Waals surface area (Å²) >= 11 is 6.09. The maximum absolute atomic E-state index is 12.3. The lowest BCUT2D eigenvalue weighted by Crippen LogP contribution is -2.56. The van der Waals surface area contributed by atoms with Crippen LogP contribution in [0, 0.1) is 12.8 Å². The number of rotatable bonds is 6. The van der Waals surface area contributed by atoms with Gasteiger partial charge in [-0.05, 0) is 57.2 Å². The summed E-state index contributed by atoms with van der Waals surface area (Å²) in [6.45, 7) is 6.10. The van der Waals surface area contributed by atoms with E-state index in [1.807, 2.05) is 26.0 Å². The predicted molar refractivity (Wildman–Crippen MR) is 91.9 cm³/mol. The van der Waals surface area contributed by atoms with E-state index in [9.17, 15) is 4.79 Å². The standard InChI is InChI=1S/C16H23ClN2O2.ClH/c1-10-4-7-13(17)14(8-10)21-11(2)15(20)19-16(3,9-18)12-5-6-12;/h4,7-8,11-12H,5-6,9,18H2,1-3H3,(H,19,20);1H. The molecule has 0 saturated heterocycles. The number of benzene rings is 1. The number of nitrogens with two attached hydrogens (primary N) is 1. The Hall–Kier alpha value is -0.970. The molecule has 0 aromatic heterocycles. The zero-order valence-electron chi connectivity index (χ0n) is 13.2. The lowest BCUT2D eigenvalue weighted by molar-refractivity contribution is -0.129. The quantitative estimate of drug-likeness (QED) is 0.831. The Kier molecular flexibility index (Phi) is 6.53. The number of halogens is 2. The number of carbonyl (C=O) groups excluding carboxylic acids is 1. The van der Waals surface area contributed by atoms with Gasteiger partial charge in [0.15, 0.2) is 6.10 Å². The molecule has 4 nitrogen and oxygen atoms in total.